The maximum absolute atomic E-state index is 13.2. The Kier molecular flexibility index (Phi) is 4.50. The monoisotopic (exact) mass is 275 g/mol. The van der Waals surface area contributed by atoms with Crippen molar-refractivity contribution in [3.05, 3.63) is 41.5 Å². The molecule has 1 heterocycles. The second kappa shape index (κ2) is 6.32. The lowest BCUT2D eigenvalue weighted by Gasteiger charge is -2.13. The molecule has 0 unspecified atom stereocenters. The van der Waals surface area contributed by atoms with Gasteiger partial charge in [-0.15, -0.1) is 0 Å². The Bertz CT molecular complexity index is 602. The molecule has 5 heteroatoms. The van der Waals surface area contributed by atoms with Gasteiger partial charge in [-0.2, -0.15) is 4.98 Å². The minimum Gasteiger partial charge on any atom is -0.438 e. The van der Waals surface area contributed by atoms with Crippen molar-refractivity contribution in [2.75, 3.05) is 11.9 Å². The van der Waals surface area contributed by atoms with Gasteiger partial charge >= 0.3 is 0 Å². The molecule has 0 aliphatic heterocycles. The summed E-state index contributed by atoms with van der Waals surface area (Å²) in [5, 5.41) is 3.24. The second-order valence-corrected chi connectivity index (χ2v) is 4.54. The summed E-state index contributed by atoms with van der Waals surface area (Å²) in [6, 6.07) is 6.00. The first kappa shape index (κ1) is 14.2. The van der Waals surface area contributed by atoms with Gasteiger partial charge in [-0.3, -0.25) is 0 Å². The van der Waals surface area contributed by atoms with Crippen LogP contribution in [0.3, 0.4) is 0 Å². The number of nitrogens with one attached hydrogen (secondary N) is 1. The molecule has 2 rings (SSSR count). The summed E-state index contributed by atoms with van der Waals surface area (Å²) < 4.78 is 18.8. The van der Waals surface area contributed by atoms with Crippen molar-refractivity contribution in [2.45, 2.75) is 27.2 Å². The molecule has 1 aromatic heterocycles. The van der Waals surface area contributed by atoms with Gasteiger partial charge in [-0.1, -0.05) is 13.0 Å². The van der Waals surface area contributed by atoms with Crippen molar-refractivity contribution < 1.29 is 9.13 Å². The first-order chi connectivity index (χ1) is 9.60. The van der Waals surface area contributed by atoms with Gasteiger partial charge in [0.15, 0.2) is 0 Å². The van der Waals surface area contributed by atoms with Crippen LogP contribution in [-0.4, -0.2) is 16.5 Å². The lowest BCUT2D eigenvalue weighted by Crippen LogP contribution is -2.07. The van der Waals surface area contributed by atoms with E-state index >= 15 is 0 Å². The molecule has 106 valence electrons. The van der Waals surface area contributed by atoms with Gasteiger partial charge in [0.1, 0.15) is 23.2 Å². The highest BCUT2D eigenvalue weighted by molar-refractivity contribution is 5.49. The largest absolute Gasteiger partial charge is 0.438 e. The van der Waals surface area contributed by atoms with Crippen LogP contribution < -0.4 is 10.1 Å². The van der Waals surface area contributed by atoms with Crippen molar-refractivity contribution in [3.8, 4) is 11.6 Å². The van der Waals surface area contributed by atoms with Crippen LogP contribution in [0.15, 0.2) is 24.3 Å². The van der Waals surface area contributed by atoms with Crippen molar-refractivity contribution in [1.82, 2.24) is 9.97 Å². The lowest BCUT2D eigenvalue weighted by atomic mass is 10.3. The van der Waals surface area contributed by atoms with Gasteiger partial charge in [-0.05, 0) is 32.4 Å². The molecule has 0 amide bonds. The van der Waals surface area contributed by atoms with Gasteiger partial charge in [-0.25, -0.2) is 9.37 Å². The summed E-state index contributed by atoms with van der Waals surface area (Å²) in [5.74, 6) is 1.90. The van der Waals surface area contributed by atoms with Crippen molar-refractivity contribution in [1.29, 1.82) is 0 Å². The number of benzene rings is 1. The average Bonchev–Trinajstić information content (AvgIpc) is 2.41. The summed E-state index contributed by atoms with van der Waals surface area (Å²) >= 11 is 0. The van der Waals surface area contributed by atoms with E-state index in [0.29, 0.717) is 17.5 Å². The number of rotatable bonds is 5. The summed E-state index contributed by atoms with van der Waals surface area (Å²) in [6.07, 6.45) is 1.00. The molecule has 1 N–H and O–H groups in total. The Morgan fingerprint density at radius 3 is 2.75 bits per heavy atom. The number of aromatic nitrogens is 2. The number of halogens is 1. The van der Waals surface area contributed by atoms with Gasteiger partial charge in [0.25, 0.3) is 0 Å². The van der Waals surface area contributed by atoms with E-state index in [1.807, 2.05) is 6.92 Å². The predicted octanol–water partition coefficient (Wildman–Crippen LogP) is 3.85. The quantitative estimate of drug-likeness (QED) is 0.900. The van der Waals surface area contributed by atoms with Crippen LogP contribution in [0, 0.1) is 19.7 Å². The fourth-order valence-electron chi connectivity index (χ4n) is 1.76. The number of ether oxygens (including phenoxy) is 1. The van der Waals surface area contributed by atoms with Crippen LogP contribution in [0.4, 0.5) is 10.2 Å². The van der Waals surface area contributed by atoms with Crippen molar-refractivity contribution >= 4 is 5.82 Å². The van der Waals surface area contributed by atoms with E-state index < -0.39 is 0 Å². The van der Waals surface area contributed by atoms with Crippen LogP contribution in [-0.2, 0) is 0 Å². The van der Waals surface area contributed by atoms with Gasteiger partial charge in [0, 0.05) is 12.6 Å². The summed E-state index contributed by atoms with van der Waals surface area (Å²) in [7, 11) is 0. The van der Waals surface area contributed by atoms with E-state index in [0.717, 1.165) is 24.3 Å². The first-order valence-electron chi connectivity index (χ1n) is 6.62. The third-order valence-corrected chi connectivity index (χ3v) is 2.77. The minimum atomic E-state index is -0.338. The highest BCUT2D eigenvalue weighted by atomic mass is 19.1. The molecule has 0 saturated heterocycles. The Morgan fingerprint density at radius 2 is 2.05 bits per heavy atom. The molecular formula is C15H18FN3O. The Morgan fingerprint density at radius 1 is 1.25 bits per heavy atom. The van der Waals surface area contributed by atoms with Crippen LogP contribution in [0.2, 0.25) is 0 Å². The maximum Gasteiger partial charge on any atom is 0.227 e. The zero-order chi connectivity index (χ0) is 14.5. The first-order valence-corrected chi connectivity index (χ1v) is 6.62. The van der Waals surface area contributed by atoms with E-state index in [-0.39, 0.29) is 5.82 Å². The molecule has 1 aromatic carbocycles. The average molecular weight is 275 g/mol. The standard InChI is InChI=1S/C15H18FN3O/c1-4-8-17-14-10(2)15(19-11(3)18-14)20-13-7-5-6-12(16)9-13/h5-7,9H,4,8H2,1-3H3,(H,17,18,19). The zero-order valence-corrected chi connectivity index (χ0v) is 11.9. The van der Waals surface area contributed by atoms with Crippen LogP contribution in [0.25, 0.3) is 0 Å². The highest BCUT2D eigenvalue weighted by Gasteiger charge is 2.11. The number of nitrogens with zero attached hydrogens (tertiary/aromatic N) is 2. The molecule has 0 aliphatic carbocycles. The number of hydrogen-bond acceptors (Lipinski definition) is 4. The second-order valence-electron chi connectivity index (χ2n) is 4.54. The summed E-state index contributed by atoms with van der Waals surface area (Å²) in [5.41, 5.74) is 0.813. The van der Waals surface area contributed by atoms with Crippen molar-refractivity contribution in [2.24, 2.45) is 0 Å². The molecule has 0 bridgehead atoms. The Balaban J connectivity index is 2.29. The molecule has 0 fully saturated rings. The lowest BCUT2D eigenvalue weighted by molar-refractivity contribution is 0.451. The Hall–Kier alpha value is -2.17. The minimum absolute atomic E-state index is 0.338. The number of hydrogen-bond donors (Lipinski definition) is 1. The smallest absolute Gasteiger partial charge is 0.227 e. The van der Waals surface area contributed by atoms with Gasteiger partial charge in [0.2, 0.25) is 5.88 Å². The zero-order valence-electron chi connectivity index (χ0n) is 11.9. The Labute approximate surface area is 118 Å². The third-order valence-electron chi connectivity index (χ3n) is 2.77. The van der Waals surface area contributed by atoms with E-state index in [2.05, 4.69) is 22.2 Å². The molecule has 4 nitrogen and oxygen atoms in total. The van der Waals surface area contributed by atoms with Gasteiger partial charge < -0.3 is 10.1 Å². The van der Waals surface area contributed by atoms with Crippen LogP contribution in [0.5, 0.6) is 11.6 Å². The summed E-state index contributed by atoms with van der Waals surface area (Å²) in [6.45, 7) is 6.60. The fourth-order valence-corrected chi connectivity index (χ4v) is 1.76. The molecule has 20 heavy (non-hydrogen) atoms. The molecule has 0 radical (unpaired) electrons. The highest BCUT2D eigenvalue weighted by Crippen LogP contribution is 2.27. The maximum atomic E-state index is 13.2. The molecule has 0 atom stereocenters. The number of aryl methyl sites for hydroxylation is 1. The van der Waals surface area contributed by atoms with Crippen LogP contribution >= 0.6 is 0 Å². The molecule has 0 saturated carbocycles. The van der Waals surface area contributed by atoms with Gasteiger partial charge in [0.05, 0.1) is 5.56 Å². The number of anilines is 1. The SMILES string of the molecule is CCCNc1nc(C)nc(Oc2cccc(F)c2)c1C. The molecular weight excluding hydrogens is 257 g/mol. The molecule has 0 spiro atoms. The predicted molar refractivity (Wildman–Crippen MR) is 76.8 cm³/mol. The van der Waals surface area contributed by atoms with Crippen molar-refractivity contribution in [3.63, 3.8) is 0 Å². The fraction of sp³-hybridized carbons (Fsp3) is 0.333. The van der Waals surface area contributed by atoms with E-state index in [1.54, 1.807) is 19.1 Å². The van der Waals surface area contributed by atoms with E-state index in [4.69, 9.17) is 4.74 Å². The topological polar surface area (TPSA) is 47.0 Å². The van der Waals surface area contributed by atoms with E-state index in [9.17, 15) is 4.39 Å². The normalized spacial score (nSPS) is 10.4. The molecule has 0 aliphatic rings. The third kappa shape index (κ3) is 3.44. The van der Waals surface area contributed by atoms with Crippen LogP contribution in [0.1, 0.15) is 24.7 Å². The summed E-state index contributed by atoms with van der Waals surface area (Å²) in [4.78, 5) is 8.62. The van der Waals surface area contributed by atoms with E-state index in [1.165, 1.54) is 12.1 Å². The molecule has 2 aromatic rings.